The molecule has 0 bridgehead atoms. The molecular formula is C12H12F3IO2. The third-order valence-corrected chi connectivity index (χ3v) is 3.20. The summed E-state index contributed by atoms with van der Waals surface area (Å²) in [7, 11) is 0. The summed E-state index contributed by atoms with van der Waals surface area (Å²) in [5.41, 5.74) is -0.581. The van der Waals surface area contributed by atoms with Crippen molar-refractivity contribution in [1.82, 2.24) is 0 Å². The number of halogens is 4. The van der Waals surface area contributed by atoms with Crippen molar-refractivity contribution in [2.45, 2.75) is 20.3 Å². The topological polar surface area (TPSA) is 26.3 Å². The monoisotopic (exact) mass is 372 g/mol. The second-order valence-corrected chi connectivity index (χ2v) is 5.25. The summed E-state index contributed by atoms with van der Waals surface area (Å²) in [6.45, 7) is 4.00. The lowest BCUT2D eigenvalue weighted by Gasteiger charge is -2.08. The van der Waals surface area contributed by atoms with Crippen LogP contribution < -0.4 is 0 Å². The fourth-order valence-corrected chi connectivity index (χ4v) is 1.73. The molecule has 18 heavy (non-hydrogen) atoms. The SMILES string of the molecule is CC(C)CCOC(=O)c1cc(F)c(F)c(I)c1F. The van der Waals surface area contributed by atoms with E-state index in [2.05, 4.69) is 0 Å². The molecule has 0 fully saturated rings. The van der Waals surface area contributed by atoms with Gasteiger partial charge in [0.25, 0.3) is 0 Å². The van der Waals surface area contributed by atoms with Gasteiger partial charge in [-0.25, -0.2) is 18.0 Å². The number of carbonyl (C=O) groups excluding carboxylic acids is 1. The molecule has 0 aliphatic heterocycles. The van der Waals surface area contributed by atoms with E-state index in [0.29, 0.717) is 18.4 Å². The van der Waals surface area contributed by atoms with Gasteiger partial charge in [-0.3, -0.25) is 0 Å². The van der Waals surface area contributed by atoms with Crippen molar-refractivity contribution in [1.29, 1.82) is 0 Å². The number of benzene rings is 1. The minimum atomic E-state index is -1.30. The van der Waals surface area contributed by atoms with E-state index >= 15 is 0 Å². The Hall–Kier alpha value is -0.790. The third kappa shape index (κ3) is 3.60. The van der Waals surface area contributed by atoms with Gasteiger partial charge >= 0.3 is 5.97 Å². The van der Waals surface area contributed by atoms with Gasteiger partial charge in [0.05, 0.1) is 15.7 Å². The van der Waals surface area contributed by atoms with E-state index in [1.165, 1.54) is 22.6 Å². The average molecular weight is 372 g/mol. The summed E-state index contributed by atoms with van der Waals surface area (Å²) in [4.78, 5) is 11.5. The number of ether oxygens (including phenoxy) is 1. The first-order valence-corrected chi connectivity index (χ1v) is 6.42. The largest absolute Gasteiger partial charge is 0.462 e. The van der Waals surface area contributed by atoms with Crippen LogP contribution in [0.15, 0.2) is 6.07 Å². The lowest BCUT2D eigenvalue weighted by atomic mass is 10.1. The summed E-state index contributed by atoms with van der Waals surface area (Å²) in [5, 5.41) is 0. The highest BCUT2D eigenvalue weighted by Crippen LogP contribution is 2.22. The van der Waals surface area contributed by atoms with Crippen LogP contribution >= 0.6 is 22.6 Å². The second-order valence-electron chi connectivity index (χ2n) is 4.17. The minimum Gasteiger partial charge on any atom is -0.462 e. The number of hydrogen-bond donors (Lipinski definition) is 0. The first-order valence-electron chi connectivity index (χ1n) is 5.34. The highest BCUT2D eigenvalue weighted by atomic mass is 127. The molecule has 0 unspecified atom stereocenters. The van der Waals surface area contributed by atoms with E-state index in [1.54, 1.807) is 0 Å². The van der Waals surface area contributed by atoms with Gasteiger partial charge in [-0.1, -0.05) is 13.8 Å². The summed E-state index contributed by atoms with van der Waals surface area (Å²) in [5.74, 6) is -4.31. The fourth-order valence-electron chi connectivity index (χ4n) is 1.19. The highest BCUT2D eigenvalue weighted by molar-refractivity contribution is 14.1. The van der Waals surface area contributed by atoms with Crippen molar-refractivity contribution in [3.63, 3.8) is 0 Å². The zero-order chi connectivity index (χ0) is 13.9. The predicted molar refractivity (Wildman–Crippen MR) is 68.8 cm³/mol. The van der Waals surface area contributed by atoms with Crippen LogP contribution in [0.2, 0.25) is 0 Å². The van der Waals surface area contributed by atoms with Crippen LogP contribution in [-0.2, 0) is 4.74 Å². The summed E-state index contributed by atoms with van der Waals surface area (Å²) < 4.78 is 43.9. The molecular weight excluding hydrogens is 360 g/mol. The lowest BCUT2D eigenvalue weighted by Crippen LogP contribution is -2.12. The standard InChI is InChI=1S/C12H12F3IO2/c1-6(2)3-4-18-12(17)7-5-8(13)10(15)11(16)9(7)14/h5-6H,3-4H2,1-2H3. The maximum Gasteiger partial charge on any atom is 0.341 e. The van der Waals surface area contributed by atoms with Gasteiger partial charge in [-0.05, 0) is 41.0 Å². The molecule has 0 saturated carbocycles. The van der Waals surface area contributed by atoms with Gasteiger partial charge in [-0.2, -0.15) is 0 Å². The molecule has 0 aliphatic rings. The van der Waals surface area contributed by atoms with Crippen LogP contribution in [0.25, 0.3) is 0 Å². The average Bonchev–Trinajstić information content (AvgIpc) is 2.30. The van der Waals surface area contributed by atoms with Gasteiger partial charge < -0.3 is 4.74 Å². The van der Waals surface area contributed by atoms with Crippen LogP contribution in [0, 0.1) is 26.9 Å². The third-order valence-electron chi connectivity index (χ3n) is 2.25. The van der Waals surface area contributed by atoms with Crippen molar-refractivity contribution in [2.24, 2.45) is 5.92 Å². The Morgan fingerprint density at radius 2 is 1.94 bits per heavy atom. The maximum absolute atomic E-state index is 13.6. The summed E-state index contributed by atoms with van der Waals surface area (Å²) in [6.07, 6.45) is 0.619. The molecule has 0 N–H and O–H groups in total. The first-order chi connectivity index (χ1) is 8.34. The minimum absolute atomic E-state index is 0.117. The molecule has 100 valence electrons. The van der Waals surface area contributed by atoms with Crippen molar-refractivity contribution in [3.8, 4) is 0 Å². The van der Waals surface area contributed by atoms with E-state index < -0.39 is 32.6 Å². The maximum atomic E-state index is 13.6. The van der Waals surface area contributed by atoms with Gasteiger partial charge in [0, 0.05) is 0 Å². The molecule has 0 atom stereocenters. The van der Waals surface area contributed by atoms with Gasteiger partial charge in [-0.15, -0.1) is 0 Å². The molecule has 2 nitrogen and oxygen atoms in total. The number of hydrogen-bond acceptors (Lipinski definition) is 2. The Morgan fingerprint density at radius 3 is 2.50 bits per heavy atom. The van der Waals surface area contributed by atoms with Crippen molar-refractivity contribution in [2.75, 3.05) is 6.61 Å². The van der Waals surface area contributed by atoms with E-state index in [1.807, 2.05) is 13.8 Å². The molecule has 0 heterocycles. The molecule has 0 spiro atoms. The molecule has 1 aromatic carbocycles. The Labute approximate surface area is 117 Å². The Balaban J connectivity index is 2.87. The normalized spacial score (nSPS) is 10.8. The van der Waals surface area contributed by atoms with Gasteiger partial charge in [0.2, 0.25) is 0 Å². The van der Waals surface area contributed by atoms with Crippen molar-refractivity contribution in [3.05, 3.63) is 32.7 Å². The quantitative estimate of drug-likeness (QED) is 0.347. The van der Waals surface area contributed by atoms with E-state index in [-0.39, 0.29) is 6.61 Å². The van der Waals surface area contributed by atoms with E-state index in [0.717, 1.165) is 0 Å². The Morgan fingerprint density at radius 1 is 1.33 bits per heavy atom. The van der Waals surface area contributed by atoms with Crippen LogP contribution in [0.3, 0.4) is 0 Å². The molecule has 1 rings (SSSR count). The summed E-state index contributed by atoms with van der Waals surface area (Å²) >= 11 is 1.30. The number of esters is 1. The van der Waals surface area contributed by atoms with Crippen LogP contribution in [0.1, 0.15) is 30.6 Å². The van der Waals surface area contributed by atoms with E-state index in [9.17, 15) is 18.0 Å². The van der Waals surface area contributed by atoms with E-state index in [4.69, 9.17) is 4.74 Å². The molecule has 0 saturated heterocycles. The number of rotatable bonds is 4. The Bertz CT molecular complexity index is 461. The zero-order valence-corrected chi connectivity index (χ0v) is 12.1. The smallest absolute Gasteiger partial charge is 0.341 e. The van der Waals surface area contributed by atoms with Gasteiger partial charge in [0.15, 0.2) is 17.5 Å². The lowest BCUT2D eigenvalue weighted by molar-refractivity contribution is 0.0481. The van der Waals surface area contributed by atoms with Crippen molar-refractivity contribution >= 4 is 28.6 Å². The molecule has 0 aromatic heterocycles. The Kier molecular flexibility index (Phi) is 5.43. The first kappa shape index (κ1) is 15.3. The molecule has 0 amide bonds. The summed E-state index contributed by atoms with van der Waals surface area (Å²) in [6, 6.07) is 0.518. The molecule has 0 radical (unpaired) electrons. The van der Waals surface area contributed by atoms with Crippen LogP contribution in [0.5, 0.6) is 0 Å². The molecule has 6 heteroatoms. The molecule has 1 aromatic rings. The zero-order valence-electron chi connectivity index (χ0n) is 9.90. The van der Waals surface area contributed by atoms with Crippen LogP contribution in [-0.4, -0.2) is 12.6 Å². The second kappa shape index (κ2) is 6.40. The van der Waals surface area contributed by atoms with Crippen molar-refractivity contribution < 1.29 is 22.7 Å². The fraction of sp³-hybridized carbons (Fsp3) is 0.417. The number of carbonyl (C=O) groups is 1. The highest BCUT2D eigenvalue weighted by Gasteiger charge is 2.22. The van der Waals surface area contributed by atoms with Gasteiger partial charge in [0.1, 0.15) is 0 Å². The predicted octanol–water partition coefficient (Wildman–Crippen LogP) is 3.91. The van der Waals surface area contributed by atoms with Crippen LogP contribution in [0.4, 0.5) is 13.2 Å². The molecule has 0 aliphatic carbocycles.